The van der Waals surface area contributed by atoms with E-state index in [1.807, 2.05) is 24.4 Å². The van der Waals surface area contributed by atoms with E-state index in [-0.39, 0.29) is 18.7 Å². The first-order valence-electron chi connectivity index (χ1n) is 10.1. The Hall–Kier alpha value is -2.18. The largest absolute Gasteiger partial charge is 0.395 e. The number of anilines is 1. The number of nitrogens with zero attached hydrogens (tertiary/aromatic N) is 3. The fraction of sp³-hybridized carbons (Fsp3) is 0.455. The fourth-order valence-electron chi connectivity index (χ4n) is 4.54. The van der Waals surface area contributed by atoms with Gasteiger partial charge in [0, 0.05) is 31.5 Å². The highest BCUT2D eigenvalue weighted by molar-refractivity contribution is 7.80. The molecule has 0 amide bonds. The van der Waals surface area contributed by atoms with Crippen LogP contribution in [-0.4, -0.2) is 46.3 Å². The van der Waals surface area contributed by atoms with Crippen molar-refractivity contribution in [1.29, 1.82) is 0 Å². The van der Waals surface area contributed by atoms with E-state index >= 15 is 0 Å². The molecule has 28 heavy (non-hydrogen) atoms. The highest BCUT2D eigenvalue weighted by Gasteiger charge is 2.40. The van der Waals surface area contributed by atoms with Gasteiger partial charge < -0.3 is 20.2 Å². The number of hydrogen-bond acceptors (Lipinski definition) is 4. The van der Waals surface area contributed by atoms with E-state index in [1.54, 1.807) is 0 Å². The maximum Gasteiger partial charge on any atom is 0.170 e. The standard InChI is InChI=1S/C22H28N4OS/c1-15-16(2)19(25-11-5-6-12-25)9-8-17(15)21-20(18-7-3-4-10-23-18)24-22(28)26(21)13-14-27/h3-4,7-10,20-21,27H,5-6,11-14H2,1-2H3,(H,24,28)/t20-,21+/m0/s1. The quantitative estimate of drug-likeness (QED) is 0.757. The normalized spacial score (nSPS) is 22.0. The minimum atomic E-state index is -0.0315. The van der Waals surface area contributed by atoms with Crippen molar-refractivity contribution in [2.75, 3.05) is 31.1 Å². The van der Waals surface area contributed by atoms with Crippen LogP contribution in [0.2, 0.25) is 0 Å². The van der Waals surface area contributed by atoms with Crippen LogP contribution < -0.4 is 10.2 Å². The second-order valence-corrected chi connectivity index (χ2v) is 8.05. The van der Waals surface area contributed by atoms with Gasteiger partial charge in [0.25, 0.3) is 0 Å². The predicted molar refractivity (Wildman–Crippen MR) is 117 cm³/mol. The molecule has 2 aliphatic rings. The molecule has 1 aromatic carbocycles. The molecule has 148 valence electrons. The van der Waals surface area contributed by atoms with Gasteiger partial charge >= 0.3 is 0 Å². The molecule has 4 rings (SSSR count). The number of aromatic nitrogens is 1. The topological polar surface area (TPSA) is 51.6 Å². The summed E-state index contributed by atoms with van der Waals surface area (Å²) in [5.41, 5.74) is 6.19. The van der Waals surface area contributed by atoms with Crippen molar-refractivity contribution >= 4 is 23.0 Å². The van der Waals surface area contributed by atoms with Crippen molar-refractivity contribution in [1.82, 2.24) is 15.2 Å². The third kappa shape index (κ3) is 3.35. The van der Waals surface area contributed by atoms with Crippen LogP contribution in [0.4, 0.5) is 5.69 Å². The number of nitrogens with one attached hydrogen (secondary N) is 1. The third-order valence-electron chi connectivity index (χ3n) is 6.10. The predicted octanol–water partition coefficient (Wildman–Crippen LogP) is 3.26. The van der Waals surface area contributed by atoms with Crippen LogP contribution in [0.15, 0.2) is 36.5 Å². The van der Waals surface area contributed by atoms with Gasteiger partial charge in [-0.3, -0.25) is 4.98 Å². The van der Waals surface area contributed by atoms with Crippen molar-refractivity contribution in [3.63, 3.8) is 0 Å². The van der Waals surface area contributed by atoms with Gasteiger partial charge in [0.1, 0.15) is 0 Å². The number of aliphatic hydroxyl groups is 1. The van der Waals surface area contributed by atoms with Crippen LogP contribution in [0.1, 0.15) is 47.3 Å². The first-order chi connectivity index (χ1) is 13.6. The molecule has 5 nitrogen and oxygen atoms in total. The van der Waals surface area contributed by atoms with Gasteiger partial charge in [0.2, 0.25) is 0 Å². The van der Waals surface area contributed by atoms with Crippen LogP contribution in [0.3, 0.4) is 0 Å². The van der Waals surface area contributed by atoms with E-state index in [0.717, 1.165) is 18.8 Å². The number of rotatable bonds is 5. The Morgan fingerprint density at radius 1 is 1.14 bits per heavy atom. The Morgan fingerprint density at radius 3 is 2.61 bits per heavy atom. The zero-order chi connectivity index (χ0) is 19.7. The Morgan fingerprint density at radius 2 is 1.93 bits per heavy atom. The van der Waals surface area contributed by atoms with Crippen molar-refractivity contribution in [3.05, 3.63) is 58.9 Å². The Labute approximate surface area is 172 Å². The second-order valence-electron chi connectivity index (χ2n) is 7.66. The molecule has 0 saturated carbocycles. The summed E-state index contributed by atoms with van der Waals surface area (Å²) < 4.78 is 0. The second kappa shape index (κ2) is 8.05. The SMILES string of the molecule is Cc1c([C@@H]2[C@H](c3ccccn3)NC(=S)N2CCO)ccc(N2CCCC2)c1C. The van der Waals surface area contributed by atoms with Gasteiger partial charge in [-0.05, 0) is 73.8 Å². The van der Waals surface area contributed by atoms with E-state index in [4.69, 9.17) is 12.2 Å². The lowest BCUT2D eigenvalue weighted by Crippen LogP contribution is -2.32. The molecule has 6 heteroatoms. The van der Waals surface area contributed by atoms with E-state index in [1.165, 1.54) is 35.2 Å². The molecule has 2 saturated heterocycles. The molecule has 3 heterocycles. The summed E-state index contributed by atoms with van der Waals surface area (Å²) in [7, 11) is 0. The average Bonchev–Trinajstić information content (AvgIpc) is 3.34. The molecule has 2 aromatic rings. The van der Waals surface area contributed by atoms with Gasteiger partial charge in [0.05, 0.1) is 24.4 Å². The van der Waals surface area contributed by atoms with Crippen LogP contribution in [0.5, 0.6) is 0 Å². The molecule has 2 atom stereocenters. The lowest BCUT2D eigenvalue weighted by molar-refractivity contribution is 0.223. The molecule has 0 radical (unpaired) electrons. The maximum atomic E-state index is 9.63. The van der Waals surface area contributed by atoms with Crippen LogP contribution in [0, 0.1) is 13.8 Å². The summed E-state index contributed by atoms with van der Waals surface area (Å²) in [5, 5.41) is 13.7. The first kappa shape index (κ1) is 19.2. The number of hydrogen-bond donors (Lipinski definition) is 2. The van der Waals surface area contributed by atoms with Gasteiger partial charge in [-0.2, -0.15) is 0 Å². The summed E-state index contributed by atoms with van der Waals surface area (Å²) in [5.74, 6) is 0. The van der Waals surface area contributed by atoms with Crippen molar-refractivity contribution < 1.29 is 5.11 Å². The Bertz CT molecular complexity index is 851. The molecule has 0 aliphatic carbocycles. The van der Waals surface area contributed by atoms with E-state index in [2.05, 4.69) is 46.1 Å². The highest BCUT2D eigenvalue weighted by Crippen LogP contribution is 2.41. The number of aliphatic hydroxyl groups excluding tert-OH is 1. The summed E-state index contributed by atoms with van der Waals surface area (Å²) in [6.07, 6.45) is 4.36. The van der Waals surface area contributed by atoms with Crippen LogP contribution in [-0.2, 0) is 0 Å². The maximum absolute atomic E-state index is 9.63. The lowest BCUT2D eigenvalue weighted by Gasteiger charge is -2.30. The van der Waals surface area contributed by atoms with Crippen LogP contribution >= 0.6 is 12.2 Å². The minimum absolute atomic E-state index is 0.0147. The molecule has 0 unspecified atom stereocenters. The van der Waals surface area contributed by atoms with Crippen molar-refractivity contribution in [2.45, 2.75) is 38.8 Å². The number of pyridine rings is 1. The van der Waals surface area contributed by atoms with Gasteiger partial charge in [0.15, 0.2) is 5.11 Å². The molecule has 0 bridgehead atoms. The average molecular weight is 397 g/mol. The number of β-amino-alcohol motifs (C(OH)–C–C–N with tert-alkyl or cyclic N) is 1. The summed E-state index contributed by atoms with van der Waals surface area (Å²) in [4.78, 5) is 9.17. The number of benzene rings is 1. The first-order valence-corrected chi connectivity index (χ1v) is 10.5. The molecule has 2 N–H and O–H groups in total. The van der Waals surface area contributed by atoms with E-state index < -0.39 is 0 Å². The smallest absolute Gasteiger partial charge is 0.170 e. The molecule has 0 spiro atoms. The Kier molecular flexibility index (Phi) is 5.51. The zero-order valence-electron chi connectivity index (χ0n) is 16.6. The van der Waals surface area contributed by atoms with E-state index in [9.17, 15) is 5.11 Å². The monoisotopic (exact) mass is 396 g/mol. The fourth-order valence-corrected chi connectivity index (χ4v) is 4.87. The molecule has 2 fully saturated rings. The summed E-state index contributed by atoms with van der Waals surface area (Å²) >= 11 is 5.62. The van der Waals surface area contributed by atoms with Gasteiger partial charge in [-0.1, -0.05) is 12.1 Å². The summed E-state index contributed by atoms with van der Waals surface area (Å²) in [6.45, 7) is 7.28. The van der Waals surface area contributed by atoms with Gasteiger partial charge in [-0.15, -0.1) is 0 Å². The number of thiocarbonyl (C=S) groups is 1. The summed E-state index contributed by atoms with van der Waals surface area (Å²) in [6, 6.07) is 10.5. The zero-order valence-corrected chi connectivity index (χ0v) is 17.4. The van der Waals surface area contributed by atoms with E-state index in [0.29, 0.717) is 11.7 Å². The van der Waals surface area contributed by atoms with Crippen molar-refractivity contribution in [2.24, 2.45) is 0 Å². The minimum Gasteiger partial charge on any atom is -0.395 e. The molecule has 2 aliphatic heterocycles. The molecular formula is C22H28N4OS. The highest BCUT2D eigenvalue weighted by atomic mass is 32.1. The molecular weight excluding hydrogens is 368 g/mol. The molecule has 1 aromatic heterocycles. The van der Waals surface area contributed by atoms with Crippen LogP contribution in [0.25, 0.3) is 0 Å². The Balaban J connectivity index is 1.76. The van der Waals surface area contributed by atoms with Gasteiger partial charge in [-0.25, -0.2) is 0 Å². The van der Waals surface area contributed by atoms with Crippen molar-refractivity contribution in [3.8, 4) is 0 Å². The third-order valence-corrected chi connectivity index (χ3v) is 6.46. The lowest BCUT2D eigenvalue weighted by atomic mass is 9.90.